The van der Waals surface area contributed by atoms with Gasteiger partial charge in [-0.05, 0) is 37.0 Å². The lowest BCUT2D eigenvalue weighted by atomic mass is 9.96. The topological polar surface area (TPSA) is 26.0 Å². The van der Waals surface area contributed by atoms with Crippen molar-refractivity contribution in [3.05, 3.63) is 34.9 Å². The third-order valence-electron chi connectivity index (χ3n) is 2.34. The molecule has 0 saturated heterocycles. The van der Waals surface area contributed by atoms with Crippen molar-refractivity contribution in [1.82, 2.24) is 0 Å². The lowest BCUT2D eigenvalue weighted by molar-refractivity contribution is 0.482. The Hall–Kier alpha value is -0.530. The Labute approximate surface area is 84.9 Å². The summed E-state index contributed by atoms with van der Waals surface area (Å²) in [6, 6.07) is 8.19. The molecule has 0 aliphatic rings. The minimum absolute atomic E-state index is 0.235. The van der Waals surface area contributed by atoms with Gasteiger partial charge in [0, 0.05) is 11.1 Å². The van der Waals surface area contributed by atoms with E-state index in [0.717, 1.165) is 11.4 Å². The predicted octanol–water partition coefficient (Wildman–Crippen LogP) is 2.87. The van der Waals surface area contributed by atoms with Gasteiger partial charge in [-0.1, -0.05) is 30.7 Å². The van der Waals surface area contributed by atoms with Gasteiger partial charge < -0.3 is 5.73 Å². The largest absolute Gasteiger partial charge is 0.328 e. The molecule has 0 aliphatic heterocycles. The molecule has 2 unspecified atom stereocenters. The average molecular weight is 198 g/mol. The number of benzene rings is 1. The van der Waals surface area contributed by atoms with Crippen LogP contribution in [0.2, 0.25) is 5.02 Å². The first kappa shape index (κ1) is 10.6. The second kappa shape index (κ2) is 4.64. The van der Waals surface area contributed by atoms with Crippen molar-refractivity contribution in [3.8, 4) is 0 Å². The van der Waals surface area contributed by atoms with Crippen molar-refractivity contribution < 1.29 is 0 Å². The summed E-state index contributed by atoms with van der Waals surface area (Å²) in [7, 11) is 0. The van der Waals surface area contributed by atoms with Gasteiger partial charge in [-0.3, -0.25) is 0 Å². The van der Waals surface area contributed by atoms with Crippen LogP contribution < -0.4 is 5.73 Å². The van der Waals surface area contributed by atoms with Crippen LogP contribution in [-0.2, 0) is 6.42 Å². The Morgan fingerprint density at radius 2 is 2.08 bits per heavy atom. The first-order valence-corrected chi connectivity index (χ1v) is 4.97. The van der Waals surface area contributed by atoms with Gasteiger partial charge in [-0.25, -0.2) is 0 Å². The van der Waals surface area contributed by atoms with Crippen molar-refractivity contribution in [2.75, 3.05) is 0 Å². The van der Waals surface area contributed by atoms with Gasteiger partial charge in [0.15, 0.2) is 0 Å². The van der Waals surface area contributed by atoms with Crippen molar-refractivity contribution >= 4 is 11.6 Å². The molecule has 1 rings (SSSR count). The Morgan fingerprint density at radius 1 is 1.38 bits per heavy atom. The zero-order chi connectivity index (χ0) is 9.84. The third-order valence-corrected chi connectivity index (χ3v) is 2.58. The first-order valence-electron chi connectivity index (χ1n) is 4.59. The van der Waals surface area contributed by atoms with Gasteiger partial charge in [0.2, 0.25) is 0 Å². The van der Waals surface area contributed by atoms with Crippen molar-refractivity contribution in [2.45, 2.75) is 26.3 Å². The smallest absolute Gasteiger partial charge is 0.0408 e. The Kier molecular flexibility index (Phi) is 3.76. The van der Waals surface area contributed by atoms with Gasteiger partial charge in [0.1, 0.15) is 0 Å². The number of rotatable bonds is 3. The fourth-order valence-corrected chi connectivity index (χ4v) is 1.43. The Bertz CT molecular complexity index is 271. The van der Waals surface area contributed by atoms with Gasteiger partial charge in [-0.15, -0.1) is 0 Å². The molecular formula is C11H16ClN. The third kappa shape index (κ3) is 3.37. The lowest BCUT2D eigenvalue weighted by Gasteiger charge is -2.15. The average Bonchev–Trinajstić information content (AvgIpc) is 2.04. The Balaban J connectivity index is 2.64. The van der Waals surface area contributed by atoms with Crippen molar-refractivity contribution in [2.24, 2.45) is 11.7 Å². The highest BCUT2D eigenvalue weighted by Gasteiger charge is 2.08. The highest BCUT2D eigenvalue weighted by atomic mass is 35.5. The normalized spacial score (nSPS) is 15.4. The minimum atomic E-state index is 0.235. The zero-order valence-electron chi connectivity index (χ0n) is 8.13. The lowest BCUT2D eigenvalue weighted by Crippen LogP contribution is -2.25. The van der Waals surface area contributed by atoms with E-state index in [-0.39, 0.29) is 6.04 Å². The summed E-state index contributed by atoms with van der Waals surface area (Å²) >= 11 is 5.88. The van der Waals surface area contributed by atoms with E-state index in [1.165, 1.54) is 5.56 Å². The van der Waals surface area contributed by atoms with Gasteiger partial charge in [-0.2, -0.15) is 0 Å². The molecule has 0 heterocycles. The summed E-state index contributed by atoms with van der Waals surface area (Å²) in [4.78, 5) is 0. The van der Waals surface area contributed by atoms with Crippen LogP contribution in [0, 0.1) is 5.92 Å². The molecule has 13 heavy (non-hydrogen) atoms. The second-order valence-corrected chi connectivity index (χ2v) is 4.11. The molecule has 0 bridgehead atoms. The highest BCUT2D eigenvalue weighted by Crippen LogP contribution is 2.15. The van der Waals surface area contributed by atoms with E-state index < -0.39 is 0 Å². The summed E-state index contributed by atoms with van der Waals surface area (Å²) < 4.78 is 0. The van der Waals surface area contributed by atoms with E-state index in [9.17, 15) is 0 Å². The number of nitrogens with two attached hydrogens (primary N) is 1. The molecule has 0 radical (unpaired) electrons. The first-order chi connectivity index (χ1) is 6.09. The van der Waals surface area contributed by atoms with Crippen LogP contribution >= 0.6 is 11.6 Å². The molecule has 0 saturated carbocycles. The van der Waals surface area contributed by atoms with E-state index >= 15 is 0 Å². The summed E-state index contributed by atoms with van der Waals surface area (Å²) in [5.41, 5.74) is 7.05. The maximum absolute atomic E-state index is 5.88. The van der Waals surface area contributed by atoms with Gasteiger partial charge in [0.25, 0.3) is 0 Å². The molecular weight excluding hydrogens is 182 g/mol. The maximum atomic E-state index is 5.88. The molecule has 0 amide bonds. The van der Waals surface area contributed by atoms with Crippen molar-refractivity contribution in [3.63, 3.8) is 0 Å². The fraction of sp³-hybridized carbons (Fsp3) is 0.455. The van der Waals surface area contributed by atoms with E-state index in [1.807, 2.05) is 25.1 Å². The van der Waals surface area contributed by atoms with E-state index in [2.05, 4.69) is 13.0 Å². The van der Waals surface area contributed by atoms with Gasteiger partial charge in [0.05, 0.1) is 0 Å². The Morgan fingerprint density at radius 3 is 2.62 bits per heavy atom. The fourth-order valence-electron chi connectivity index (χ4n) is 1.22. The molecule has 2 atom stereocenters. The SMILES string of the molecule is CC(N)C(C)Cc1cccc(Cl)c1. The molecule has 72 valence electrons. The summed E-state index contributed by atoms with van der Waals surface area (Å²) in [6.45, 7) is 4.20. The minimum Gasteiger partial charge on any atom is -0.328 e. The van der Waals surface area contributed by atoms with E-state index in [0.29, 0.717) is 5.92 Å². The zero-order valence-corrected chi connectivity index (χ0v) is 8.88. The van der Waals surface area contributed by atoms with Crippen LogP contribution in [0.1, 0.15) is 19.4 Å². The van der Waals surface area contributed by atoms with Crippen LogP contribution in [0.15, 0.2) is 24.3 Å². The van der Waals surface area contributed by atoms with E-state index in [4.69, 9.17) is 17.3 Å². The molecule has 0 spiro atoms. The number of hydrogen-bond acceptors (Lipinski definition) is 1. The predicted molar refractivity (Wildman–Crippen MR) is 58.0 cm³/mol. The van der Waals surface area contributed by atoms with Crippen molar-refractivity contribution in [1.29, 1.82) is 0 Å². The monoisotopic (exact) mass is 197 g/mol. The summed E-state index contributed by atoms with van der Waals surface area (Å²) in [5.74, 6) is 0.499. The van der Waals surface area contributed by atoms with Crippen LogP contribution in [0.4, 0.5) is 0 Å². The number of hydrogen-bond donors (Lipinski definition) is 1. The molecule has 0 aliphatic carbocycles. The molecule has 1 nitrogen and oxygen atoms in total. The highest BCUT2D eigenvalue weighted by molar-refractivity contribution is 6.30. The van der Waals surface area contributed by atoms with Crippen LogP contribution in [0.3, 0.4) is 0 Å². The van der Waals surface area contributed by atoms with E-state index in [1.54, 1.807) is 0 Å². The molecule has 0 aromatic heterocycles. The summed E-state index contributed by atoms with van der Waals surface area (Å²) in [6.07, 6.45) is 0.998. The van der Waals surface area contributed by atoms with Crippen LogP contribution in [-0.4, -0.2) is 6.04 Å². The molecule has 2 heteroatoms. The summed E-state index contributed by atoms with van der Waals surface area (Å²) in [5, 5.41) is 0.800. The molecule has 2 N–H and O–H groups in total. The van der Waals surface area contributed by atoms with Gasteiger partial charge >= 0.3 is 0 Å². The second-order valence-electron chi connectivity index (χ2n) is 3.67. The molecule has 1 aromatic rings. The molecule has 0 fully saturated rings. The standard InChI is InChI=1S/C11H16ClN/c1-8(9(2)13)6-10-4-3-5-11(12)7-10/h3-5,7-9H,6,13H2,1-2H3. The quantitative estimate of drug-likeness (QED) is 0.793. The maximum Gasteiger partial charge on any atom is 0.0408 e. The number of halogens is 1. The van der Waals surface area contributed by atoms with Crippen LogP contribution in [0.25, 0.3) is 0 Å². The molecule has 1 aromatic carbocycles. The van der Waals surface area contributed by atoms with Crippen LogP contribution in [0.5, 0.6) is 0 Å².